The van der Waals surface area contributed by atoms with Gasteiger partial charge in [0.15, 0.2) is 0 Å². The van der Waals surface area contributed by atoms with E-state index in [1.165, 1.54) is 18.4 Å². The quantitative estimate of drug-likeness (QED) is 0.860. The van der Waals surface area contributed by atoms with Crippen LogP contribution in [0.1, 0.15) is 30.3 Å². The molecule has 100 valence electrons. The van der Waals surface area contributed by atoms with E-state index in [4.69, 9.17) is 0 Å². The highest BCUT2D eigenvalue weighted by Gasteiger charge is 2.31. The Hall–Kier alpha value is -1.68. The monoisotopic (exact) mass is 256 g/mol. The fourth-order valence-corrected chi connectivity index (χ4v) is 2.52. The number of aromatic nitrogens is 3. The van der Waals surface area contributed by atoms with E-state index in [-0.39, 0.29) is 0 Å². The second-order valence-electron chi connectivity index (χ2n) is 5.29. The number of aryl methyl sites for hydroxylation is 1. The number of hydrogen-bond donors (Lipinski definition) is 1. The van der Waals surface area contributed by atoms with Crippen LogP contribution in [0, 0.1) is 5.92 Å². The van der Waals surface area contributed by atoms with Gasteiger partial charge in [0.1, 0.15) is 12.2 Å². The largest absolute Gasteiger partial charge is 0.321 e. The van der Waals surface area contributed by atoms with Crippen molar-refractivity contribution in [2.75, 3.05) is 6.54 Å². The van der Waals surface area contributed by atoms with Crippen molar-refractivity contribution in [3.05, 3.63) is 48.0 Å². The average molecular weight is 256 g/mol. The van der Waals surface area contributed by atoms with E-state index >= 15 is 0 Å². The summed E-state index contributed by atoms with van der Waals surface area (Å²) in [5.41, 5.74) is 1.41. The van der Waals surface area contributed by atoms with Gasteiger partial charge < -0.3 is 9.88 Å². The molecule has 1 N–H and O–H groups in total. The third-order valence-corrected chi connectivity index (χ3v) is 3.77. The van der Waals surface area contributed by atoms with Crippen LogP contribution in [-0.2, 0) is 13.5 Å². The Morgan fingerprint density at radius 2 is 2.11 bits per heavy atom. The van der Waals surface area contributed by atoms with Gasteiger partial charge in [-0.05, 0) is 24.3 Å². The summed E-state index contributed by atoms with van der Waals surface area (Å²) in [6.45, 7) is 0.947. The molecule has 0 radical (unpaired) electrons. The zero-order valence-corrected chi connectivity index (χ0v) is 11.3. The first-order valence-electron chi connectivity index (χ1n) is 6.96. The van der Waals surface area contributed by atoms with E-state index in [9.17, 15) is 0 Å². The molecular weight excluding hydrogens is 236 g/mol. The lowest BCUT2D eigenvalue weighted by Crippen LogP contribution is -2.26. The van der Waals surface area contributed by atoms with Gasteiger partial charge in [-0.15, -0.1) is 10.2 Å². The maximum atomic E-state index is 4.12. The summed E-state index contributed by atoms with van der Waals surface area (Å²) in [4.78, 5) is 0. The molecule has 4 nitrogen and oxygen atoms in total. The van der Waals surface area contributed by atoms with Gasteiger partial charge >= 0.3 is 0 Å². The Morgan fingerprint density at radius 1 is 1.32 bits per heavy atom. The van der Waals surface area contributed by atoms with Gasteiger partial charge in [-0.2, -0.15) is 0 Å². The van der Waals surface area contributed by atoms with Crippen LogP contribution < -0.4 is 5.32 Å². The van der Waals surface area contributed by atoms with Crippen molar-refractivity contribution < 1.29 is 0 Å². The first-order valence-corrected chi connectivity index (χ1v) is 6.96. The van der Waals surface area contributed by atoms with Crippen LogP contribution in [0.5, 0.6) is 0 Å². The molecule has 1 heterocycles. The maximum Gasteiger partial charge on any atom is 0.133 e. The highest BCUT2D eigenvalue weighted by atomic mass is 15.2. The van der Waals surface area contributed by atoms with Crippen molar-refractivity contribution in [3.63, 3.8) is 0 Å². The van der Waals surface area contributed by atoms with Gasteiger partial charge in [-0.25, -0.2) is 0 Å². The number of hydrogen-bond acceptors (Lipinski definition) is 3. The molecule has 1 saturated carbocycles. The zero-order chi connectivity index (χ0) is 13.1. The lowest BCUT2D eigenvalue weighted by Gasteiger charge is -2.18. The summed E-state index contributed by atoms with van der Waals surface area (Å²) in [6.07, 6.45) is 5.37. The van der Waals surface area contributed by atoms with Crippen molar-refractivity contribution in [2.24, 2.45) is 13.0 Å². The third-order valence-electron chi connectivity index (χ3n) is 3.77. The predicted molar refractivity (Wildman–Crippen MR) is 74.6 cm³/mol. The van der Waals surface area contributed by atoms with Crippen LogP contribution in [0.25, 0.3) is 0 Å². The van der Waals surface area contributed by atoms with Crippen molar-refractivity contribution >= 4 is 0 Å². The molecule has 0 saturated heterocycles. The second kappa shape index (κ2) is 5.53. The molecule has 2 aromatic rings. The Bertz CT molecular complexity index is 516. The van der Waals surface area contributed by atoms with Crippen LogP contribution >= 0.6 is 0 Å². The first kappa shape index (κ1) is 12.4. The molecule has 0 amide bonds. The number of nitrogens with zero attached hydrogens (tertiary/aromatic N) is 3. The molecule has 19 heavy (non-hydrogen) atoms. The molecule has 1 aliphatic rings. The standard InChI is InChI=1S/C15H20N4/c1-19-11-17-18-14(19)9-10-16-15(13-7-8-13)12-5-3-2-4-6-12/h2-6,11,13,15-16H,7-10H2,1H3. The summed E-state index contributed by atoms with van der Waals surface area (Å²) < 4.78 is 1.98. The fourth-order valence-electron chi connectivity index (χ4n) is 2.52. The Labute approximate surface area is 113 Å². The Kier molecular flexibility index (Phi) is 3.60. The van der Waals surface area contributed by atoms with Gasteiger partial charge in [0.05, 0.1) is 0 Å². The minimum Gasteiger partial charge on any atom is -0.321 e. The van der Waals surface area contributed by atoms with E-state index in [0.717, 1.165) is 24.7 Å². The smallest absolute Gasteiger partial charge is 0.133 e. The van der Waals surface area contributed by atoms with Crippen molar-refractivity contribution in [3.8, 4) is 0 Å². The van der Waals surface area contributed by atoms with Gasteiger partial charge in [-0.1, -0.05) is 30.3 Å². The van der Waals surface area contributed by atoms with Crippen molar-refractivity contribution in [1.82, 2.24) is 20.1 Å². The van der Waals surface area contributed by atoms with E-state index in [2.05, 4.69) is 45.8 Å². The maximum absolute atomic E-state index is 4.12. The summed E-state index contributed by atoms with van der Waals surface area (Å²) in [7, 11) is 1.99. The van der Waals surface area contributed by atoms with E-state index in [1.807, 2.05) is 11.6 Å². The first-order chi connectivity index (χ1) is 9.34. The SMILES string of the molecule is Cn1cnnc1CCNC(c1ccccc1)C1CC1. The average Bonchev–Trinajstić information content (AvgIpc) is 3.20. The van der Waals surface area contributed by atoms with E-state index in [1.54, 1.807) is 6.33 Å². The topological polar surface area (TPSA) is 42.7 Å². The number of nitrogens with one attached hydrogen (secondary N) is 1. The number of benzene rings is 1. The van der Waals surface area contributed by atoms with Gasteiger partial charge in [0.2, 0.25) is 0 Å². The summed E-state index contributed by atoms with van der Waals surface area (Å²) in [6, 6.07) is 11.3. The Morgan fingerprint density at radius 3 is 2.74 bits per heavy atom. The molecule has 1 unspecified atom stereocenters. The number of rotatable bonds is 6. The van der Waals surface area contributed by atoms with E-state index in [0.29, 0.717) is 6.04 Å². The fraction of sp³-hybridized carbons (Fsp3) is 0.467. The van der Waals surface area contributed by atoms with Gasteiger partial charge in [0.25, 0.3) is 0 Å². The minimum absolute atomic E-state index is 0.495. The molecule has 0 bridgehead atoms. The molecule has 3 rings (SSSR count). The van der Waals surface area contributed by atoms with Crippen molar-refractivity contribution in [2.45, 2.75) is 25.3 Å². The normalized spacial score (nSPS) is 16.5. The highest BCUT2D eigenvalue weighted by Crippen LogP contribution is 2.40. The van der Waals surface area contributed by atoms with Gasteiger partial charge in [-0.3, -0.25) is 0 Å². The lowest BCUT2D eigenvalue weighted by atomic mass is 10.0. The summed E-state index contributed by atoms with van der Waals surface area (Å²) in [5, 5.41) is 11.7. The molecule has 1 aromatic carbocycles. The molecule has 1 atom stereocenters. The minimum atomic E-state index is 0.495. The summed E-state index contributed by atoms with van der Waals surface area (Å²) in [5.74, 6) is 1.84. The van der Waals surface area contributed by atoms with Crippen LogP contribution in [0.4, 0.5) is 0 Å². The second-order valence-corrected chi connectivity index (χ2v) is 5.29. The third kappa shape index (κ3) is 3.01. The van der Waals surface area contributed by atoms with Crippen LogP contribution in [0.15, 0.2) is 36.7 Å². The zero-order valence-electron chi connectivity index (χ0n) is 11.3. The van der Waals surface area contributed by atoms with E-state index < -0.39 is 0 Å². The lowest BCUT2D eigenvalue weighted by molar-refractivity contribution is 0.479. The van der Waals surface area contributed by atoms with Gasteiger partial charge in [0, 0.05) is 26.1 Å². The molecule has 1 fully saturated rings. The van der Waals surface area contributed by atoms with Crippen LogP contribution in [0.2, 0.25) is 0 Å². The molecule has 1 aliphatic carbocycles. The Balaban J connectivity index is 1.59. The molecule has 1 aromatic heterocycles. The molecule has 4 heteroatoms. The predicted octanol–water partition coefficient (Wildman–Crippen LogP) is 2.10. The summed E-state index contributed by atoms with van der Waals surface area (Å²) >= 11 is 0. The van der Waals surface area contributed by atoms with Crippen molar-refractivity contribution in [1.29, 1.82) is 0 Å². The molecular formula is C15H20N4. The van der Waals surface area contributed by atoms with Crippen LogP contribution in [-0.4, -0.2) is 21.3 Å². The van der Waals surface area contributed by atoms with Crippen LogP contribution in [0.3, 0.4) is 0 Å². The molecule has 0 spiro atoms. The highest BCUT2D eigenvalue weighted by molar-refractivity contribution is 5.21. The molecule has 0 aliphatic heterocycles.